The molecule has 1 aromatic rings. The Balaban J connectivity index is 1.48. The van der Waals surface area contributed by atoms with Crippen molar-refractivity contribution < 1.29 is 14.4 Å². The Morgan fingerprint density at radius 2 is 1.54 bits per heavy atom. The molecule has 4 bridgehead atoms. The van der Waals surface area contributed by atoms with Crippen LogP contribution in [-0.2, 0) is 9.59 Å². The summed E-state index contributed by atoms with van der Waals surface area (Å²) in [6, 6.07) is 5.08. The van der Waals surface area contributed by atoms with E-state index in [0.717, 1.165) is 17.8 Å². The zero-order valence-corrected chi connectivity index (χ0v) is 17.4. The van der Waals surface area contributed by atoms with Crippen LogP contribution < -0.4 is 10.6 Å². The fourth-order valence-electron chi connectivity index (χ4n) is 5.87. The smallest absolute Gasteiger partial charge is 0.221 e. The summed E-state index contributed by atoms with van der Waals surface area (Å²) in [5.41, 5.74) is 1.55. The zero-order chi connectivity index (χ0) is 19.9. The highest BCUT2D eigenvalue weighted by molar-refractivity contribution is 8.01. The third kappa shape index (κ3) is 4.12. The number of Topliss-reactive ketones (excluding diaryl/α,β-unsaturated/α-hetero) is 1. The highest BCUT2D eigenvalue weighted by Gasteiger charge is 2.51. The maximum absolute atomic E-state index is 13.0. The lowest BCUT2D eigenvalue weighted by Crippen LogP contribution is -2.48. The molecule has 4 saturated carbocycles. The van der Waals surface area contributed by atoms with Crippen LogP contribution in [0.5, 0.6) is 0 Å². The molecule has 0 aliphatic heterocycles. The van der Waals surface area contributed by atoms with Gasteiger partial charge in [0.1, 0.15) is 0 Å². The van der Waals surface area contributed by atoms with Crippen LogP contribution in [0.3, 0.4) is 0 Å². The van der Waals surface area contributed by atoms with E-state index in [2.05, 4.69) is 10.6 Å². The number of carbonyl (C=O) groups is 3. The van der Waals surface area contributed by atoms with Crippen molar-refractivity contribution in [2.75, 3.05) is 16.4 Å². The lowest BCUT2D eigenvalue weighted by atomic mass is 9.56. The van der Waals surface area contributed by atoms with Crippen molar-refractivity contribution in [3.63, 3.8) is 0 Å². The Hall–Kier alpha value is -1.82. The first kappa shape index (κ1) is 19.5. The van der Waals surface area contributed by atoms with Crippen LogP contribution in [0.1, 0.15) is 62.7 Å². The highest BCUT2D eigenvalue weighted by Crippen LogP contribution is 2.60. The number of benzene rings is 1. The number of nitrogens with one attached hydrogen (secondary N) is 2. The molecule has 5 rings (SSSR count). The van der Waals surface area contributed by atoms with Gasteiger partial charge in [0.25, 0.3) is 0 Å². The minimum absolute atomic E-state index is 0.0406. The third-order valence-electron chi connectivity index (χ3n) is 6.44. The van der Waals surface area contributed by atoms with Gasteiger partial charge in [0.2, 0.25) is 11.8 Å². The maximum Gasteiger partial charge on any atom is 0.221 e. The molecule has 4 aliphatic rings. The van der Waals surface area contributed by atoms with Gasteiger partial charge in [0, 0.05) is 29.8 Å². The molecule has 2 amide bonds. The fourth-order valence-corrected chi connectivity index (χ4v) is 7.52. The first-order valence-corrected chi connectivity index (χ1v) is 11.2. The molecule has 1 aromatic carbocycles. The lowest BCUT2D eigenvalue weighted by molar-refractivity contribution is -0.115. The van der Waals surface area contributed by atoms with Crippen molar-refractivity contribution in [3.8, 4) is 0 Å². The second-order valence-corrected chi connectivity index (χ2v) is 10.4. The molecule has 0 heterocycles. The van der Waals surface area contributed by atoms with E-state index in [9.17, 15) is 14.4 Å². The van der Waals surface area contributed by atoms with E-state index in [1.807, 2.05) is 11.8 Å². The predicted molar refractivity (Wildman–Crippen MR) is 113 cm³/mol. The van der Waals surface area contributed by atoms with E-state index in [1.165, 1.54) is 52.4 Å². The fraction of sp³-hybridized carbons (Fsp3) is 0.591. The second kappa shape index (κ2) is 7.54. The van der Waals surface area contributed by atoms with Gasteiger partial charge >= 0.3 is 0 Å². The van der Waals surface area contributed by atoms with Crippen molar-refractivity contribution in [1.82, 2.24) is 0 Å². The Kier molecular flexibility index (Phi) is 5.25. The minimum atomic E-state index is -0.234. The van der Waals surface area contributed by atoms with Crippen molar-refractivity contribution in [2.45, 2.75) is 57.1 Å². The van der Waals surface area contributed by atoms with Crippen molar-refractivity contribution in [3.05, 3.63) is 23.8 Å². The third-order valence-corrected chi connectivity index (χ3v) is 7.96. The summed E-state index contributed by atoms with van der Waals surface area (Å²) >= 11 is 1.85. The number of hydrogen-bond acceptors (Lipinski definition) is 4. The summed E-state index contributed by atoms with van der Waals surface area (Å²) in [6.45, 7) is 2.85. The topological polar surface area (TPSA) is 75.3 Å². The van der Waals surface area contributed by atoms with Gasteiger partial charge in [0.05, 0.1) is 11.4 Å². The Morgan fingerprint density at radius 1 is 0.964 bits per heavy atom. The Labute approximate surface area is 170 Å². The maximum atomic E-state index is 13.0. The summed E-state index contributed by atoms with van der Waals surface area (Å²) in [5.74, 6) is 2.65. The average Bonchev–Trinajstić information content (AvgIpc) is 2.58. The van der Waals surface area contributed by atoms with E-state index in [1.54, 1.807) is 18.2 Å². The quantitative estimate of drug-likeness (QED) is 0.690. The molecule has 150 valence electrons. The standard InChI is InChI=1S/C22H28N2O3S/c1-13(25)23-18-3-4-19(20(8-18)24-14(2)26)21(27)12-28-22-9-15-5-16(10-22)7-17(6-15)11-22/h3-4,8,15-17H,5-7,9-12H2,1-2H3,(H,23,25)(H,24,26). The van der Waals surface area contributed by atoms with Crippen LogP contribution in [0.25, 0.3) is 0 Å². The summed E-state index contributed by atoms with van der Waals surface area (Å²) < 4.78 is 0.286. The molecule has 0 spiro atoms. The molecule has 5 nitrogen and oxygen atoms in total. The molecule has 4 aliphatic carbocycles. The number of rotatable bonds is 6. The van der Waals surface area contributed by atoms with Crippen LogP contribution in [0, 0.1) is 17.8 Å². The Morgan fingerprint density at radius 3 is 2.07 bits per heavy atom. The zero-order valence-electron chi connectivity index (χ0n) is 16.5. The van der Waals surface area contributed by atoms with Gasteiger partial charge in [-0.25, -0.2) is 0 Å². The van der Waals surface area contributed by atoms with Crippen LogP contribution >= 0.6 is 11.8 Å². The SMILES string of the molecule is CC(=O)Nc1ccc(C(=O)CSC23CC4CC(CC(C4)C2)C3)c(NC(C)=O)c1. The number of ketones is 1. The van der Waals surface area contributed by atoms with E-state index in [-0.39, 0.29) is 22.3 Å². The summed E-state index contributed by atoms with van der Waals surface area (Å²) in [6.07, 6.45) is 7.96. The van der Waals surface area contributed by atoms with Crippen LogP contribution in [0.2, 0.25) is 0 Å². The average molecular weight is 401 g/mol. The van der Waals surface area contributed by atoms with Crippen molar-refractivity contribution in [2.24, 2.45) is 17.8 Å². The van der Waals surface area contributed by atoms with Gasteiger partial charge < -0.3 is 10.6 Å². The minimum Gasteiger partial charge on any atom is -0.326 e. The normalized spacial score (nSPS) is 30.1. The molecule has 4 fully saturated rings. The number of thioether (sulfide) groups is 1. The molecular formula is C22H28N2O3S. The monoisotopic (exact) mass is 400 g/mol. The molecule has 0 unspecified atom stereocenters. The Bertz CT molecular complexity index is 785. The second-order valence-electron chi connectivity index (χ2n) is 8.94. The number of amides is 2. The molecule has 6 heteroatoms. The molecule has 0 radical (unpaired) electrons. The van der Waals surface area contributed by atoms with E-state index < -0.39 is 0 Å². The van der Waals surface area contributed by atoms with E-state index >= 15 is 0 Å². The first-order chi connectivity index (χ1) is 13.3. The van der Waals surface area contributed by atoms with Crippen molar-refractivity contribution in [1.29, 1.82) is 0 Å². The lowest BCUT2D eigenvalue weighted by Gasteiger charge is -2.56. The summed E-state index contributed by atoms with van der Waals surface area (Å²) in [5, 5.41) is 5.44. The number of anilines is 2. The van der Waals surface area contributed by atoms with Crippen LogP contribution in [0.4, 0.5) is 11.4 Å². The van der Waals surface area contributed by atoms with Crippen LogP contribution in [-0.4, -0.2) is 28.1 Å². The summed E-state index contributed by atoms with van der Waals surface area (Å²) in [7, 11) is 0. The number of carbonyl (C=O) groups excluding carboxylic acids is 3. The van der Waals surface area contributed by atoms with E-state index in [4.69, 9.17) is 0 Å². The molecule has 0 atom stereocenters. The van der Waals surface area contributed by atoms with Gasteiger partial charge in [0.15, 0.2) is 5.78 Å². The van der Waals surface area contributed by atoms with Crippen molar-refractivity contribution >= 4 is 40.7 Å². The largest absolute Gasteiger partial charge is 0.326 e. The molecule has 2 N–H and O–H groups in total. The van der Waals surface area contributed by atoms with Crippen LogP contribution in [0.15, 0.2) is 18.2 Å². The van der Waals surface area contributed by atoms with Gasteiger partial charge in [-0.3, -0.25) is 14.4 Å². The van der Waals surface area contributed by atoms with Gasteiger partial charge in [-0.05, 0) is 74.5 Å². The molecular weight excluding hydrogens is 372 g/mol. The molecule has 0 saturated heterocycles. The van der Waals surface area contributed by atoms with Gasteiger partial charge in [-0.2, -0.15) is 0 Å². The van der Waals surface area contributed by atoms with Gasteiger partial charge in [-0.15, -0.1) is 11.8 Å². The number of hydrogen-bond donors (Lipinski definition) is 2. The predicted octanol–water partition coefficient (Wildman–Crippen LogP) is 4.49. The molecule has 0 aromatic heterocycles. The highest BCUT2D eigenvalue weighted by atomic mass is 32.2. The van der Waals surface area contributed by atoms with Gasteiger partial charge in [-0.1, -0.05) is 0 Å². The molecule has 28 heavy (non-hydrogen) atoms. The first-order valence-electron chi connectivity index (χ1n) is 10.2. The van der Waals surface area contributed by atoms with E-state index in [0.29, 0.717) is 22.7 Å². The summed E-state index contributed by atoms with van der Waals surface area (Å²) in [4.78, 5) is 35.9.